The first-order valence-corrected chi connectivity index (χ1v) is 7.42. The molecule has 4 heteroatoms. The molecule has 1 amide bonds. The fraction of sp³-hybridized carbons (Fsp3) is 0.278. The van der Waals surface area contributed by atoms with Crippen molar-refractivity contribution >= 4 is 18.3 Å². The predicted molar refractivity (Wildman–Crippen MR) is 90.9 cm³/mol. The van der Waals surface area contributed by atoms with Gasteiger partial charge in [0.05, 0.1) is 0 Å². The summed E-state index contributed by atoms with van der Waals surface area (Å²) in [5, 5.41) is 0. The molecule has 0 unspecified atom stereocenters. The highest BCUT2D eigenvalue weighted by molar-refractivity contribution is 5.94. The quantitative estimate of drug-likeness (QED) is 0.919. The van der Waals surface area contributed by atoms with Gasteiger partial charge in [-0.3, -0.25) is 4.79 Å². The second kappa shape index (κ2) is 7.43. The standard InChI is InChI=1S/C18H20N2O.ClH/c19-12-14-6-8-16(9-7-14)18(21)20(17-10-11-17)13-15-4-2-1-3-5-15;/h1-9,17H,10-13,19H2;1H. The number of carbonyl (C=O) groups excluding carboxylic acids is 1. The summed E-state index contributed by atoms with van der Waals surface area (Å²) in [6, 6.07) is 18.2. The summed E-state index contributed by atoms with van der Waals surface area (Å²) < 4.78 is 0. The molecule has 0 heterocycles. The van der Waals surface area contributed by atoms with E-state index in [2.05, 4.69) is 12.1 Å². The minimum atomic E-state index is 0. The van der Waals surface area contributed by atoms with E-state index in [0.717, 1.165) is 24.0 Å². The second-order valence-corrected chi connectivity index (χ2v) is 5.55. The molecule has 0 radical (unpaired) electrons. The van der Waals surface area contributed by atoms with Gasteiger partial charge in [-0.15, -0.1) is 12.4 Å². The number of amides is 1. The molecule has 1 fully saturated rings. The SMILES string of the molecule is Cl.NCc1ccc(C(=O)N(Cc2ccccc2)C2CC2)cc1. The third kappa shape index (κ3) is 3.87. The summed E-state index contributed by atoms with van der Waals surface area (Å²) in [4.78, 5) is 14.7. The van der Waals surface area contributed by atoms with Gasteiger partial charge in [0.1, 0.15) is 0 Å². The number of nitrogens with zero attached hydrogens (tertiary/aromatic N) is 1. The predicted octanol–water partition coefficient (Wildman–Crippen LogP) is 3.37. The molecule has 0 atom stereocenters. The summed E-state index contributed by atoms with van der Waals surface area (Å²) >= 11 is 0. The van der Waals surface area contributed by atoms with Crippen molar-refractivity contribution in [3.05, 3.63) is 71.3 Å². The van der Waals surface area contributed by atoms with E-state index in [4.69, 9.17) is 5.73 Å². The molecule has 0 aliphatic heterocycles. The monoisotopic (exact) mass is 316 g/mol. The number of benzene rings is 2. The number of carbonyl (C=O) groups is 1. The number of halogens is 1. The van der Waals surface area contributed by atoms with Crippen molar-refractivity contribution in [1.82, 2.24) is 4.90 Å². The highest BCUT2D eigenvalue weighted by atomic mass is 35.5. The maximum absolute atomic E-state index is 12.7. The molecule has 0 saturated heterocycles. The molecule has 0 aromatic heterocycles. The summed E-state index contributed by atoms with van der Waals surface area (Å²) in [6.45, 7) is 1.19. The molecule has 1 saturated carbocycles. The Kier molecular flexibility index (Phi) is 5.58. The van der Waals surface area contributed by atoms with Crippen molar-refractivity contribution in [1.29, 1.82) is 0 Å². The number of hydrogen-bond acceptors (Lipinski definition) is 2. The summed E-state index contributed by atoms with van der Waals surface area (Å²) in [5.41, 5.74) is 8.57. The smallest absolute Gasteiger partial charge is 0.254 e. The number of rotatable bonds is 5. The van der Waals surface area contributed by atoms with E-state index in [0.29, 0.717) is 19.1 Å². The van der Waals surface area contributed by atoms with E-state index in [1.54, 1.807) is 0 Å². The maximum atomic E-state index is 12.7. The maximum Gasteiger partial charge on any atom is 0.254 e. The average Bonchev–Trinajstić information content (AvgIpc) is 3.38. The van der Waals surface area contributed by atoms with Crippen LogP contribution in [-0.4, -0.2) is 16.8 Å². The Hall–Kier alpha value is -1.84. The Morgan fingerprint density at radius 2 is 1.64 bits per heavy atom. The van der Waals surface area contributed by atoms with E-state index in [-0.39, 0.29) is 18.3 Å². The van der Waals surface area contributed by atoms with Crippen LogP contribution in [0.3, 0.4) is 0 Å². The Balaban J connectivity index is 0.00000176. The summed E-state index contributed by atoms with van der Waals surface area (Å²) in [6.07, 6.45) is 2.22. The molecule has 0 bridgehead atoms. The van der Waals surface area contributed by atoms with Gasteiger partial charge in [0.25, 0.3) is 5.91 Å². The number of hydrogen-bond donors (Lipinski definition) is 1. The van der Waals surface area contributed by atoms with Gasteiger partial charge in [-0.05, 0) is 36.1 Å². The van der Waals surface area contributed by atoms with Gasteiger partial charge in [-0.1, -0.05) is 42.5 Å². The fourth-order valence-corrected chi connectivity index (χ4v) is 2.48. The molecule has 1 aliphatic carbocycles. The molecule has 2 N–H and O–H groups in total. The highest BCUT2D eigenvalue weighted by Crippen LogP contribution is 2.29. The topological polar surface area (TPSA) is 46.3 Å². The van der Waals surface area contributed by atoms with E-state index in [1.807, 2.05) is 47.4 Å². The molecule has 0 spiro atoms. The van der Waals surface area contributed by atoms with E-state index >= 15 is 0 Å². The van der Waals surface area contributed by atoms with Crippen molar-refractivity contribution < 1.29 is 4.79 Å². The van der Waals surface area contributed by atoms with Crippen LogP contribution in [0.5, 0.6) is 0 Å². The lowest BCUT2D eigenvalue weighted by molar-refractivity contribution is 0.0730. The molecule has 1 aliphatic rings. The van der Waals surface area contributed by atoms with Crippen LogP contribution < -0.4 is 5.73 Å². The zero-order chi connectivity index (χ0) is 14.7. The van der Waals surface area contributed by atoms with Crippen molar-refractivity contribution in [2.24, 2.45) is 5.73 Å². The van der Waals surface area contributed by atoms with Crippen molar-refractivity contribution in [3.63, 3.8) is 0 Å². The highest BCUT2D eigenvalue weighted by Gasteiger charge is 2.32. The molecule has 2 aromatic carbocycles. The Morgan fingerprint density at radius 1 is 1.00 bits per heavy atom. The molecule has 116 valence electrons. The van der Waals surface area contributed by atoms with Crippen molar-refractivity contribution in [3.8, 4) is 0 Å². The van der Waals surface area contributed by atoms with Gasteiger partial charge in [0.15, 0.2) is 0 Å². The summed E-state index contributed by atoms with van der Waals surface area (Å²) in [7, 11) is 0. The Bertz CT molecular complexity index is 609. The first-order valence-electron chi connectivity index (χ1n) is 7.42. The lowest BCUT2D eigenvalue weighted by atomic mass is 10.1. The largest absolute Gasteiger partial charge is 0.331 e. The minimum Gasteiger partial charge on any atom is -0.331 e. The van der Waals surface area contributed by atoms with Gasteiger partial charge >= 0.3 is 0 Å². The van der Waals surface area contributed by atoms with Crippen LogP contribution in [0.25, 0.3) is 0 Å². The first kappa shape index (κ1) is 16.5. The average molecular weight is 317 g/mol. The van der Waals surface area contributed by atoms with E-state index in [9.17, 15) is 4.79 Å². The van der Waals surface area contributed by atoms with Crippen LogP contribution in [0, 0.1) is 0 Å². The van der Waals surface area contributed by atoms with E-state index < -0.39 is 0 Å². The van der Waals surface area contributed by atoms with Crippen molar-refractivity contribution in [2.75, 3.05) is 0 Å². The number of nitrogens with two attached hydrogens (primary N) is 1. The van der Waals surface area contributed by atoms with Gasteiger partial charge < -0.3 is 10.6 Å². The molecule has 22 heavy (non-hydrogen) atoms. The van der Waals surface area contributed by atoms with Crippen LogP contribution in [0.1, 0.15) is 34.3 Å². The fourth-order valence-electron chi connectivity index (χ4n) is 2.48. The molecule has 2 aromatic rings. The van der Waals surface area contributed by atoms with Crippen LogP contribution in [-0.2, 0) is 13.1 Å². The Labute approximate surface area is 137 Å². The normalized spacial score (nSPS) is 13.3. The van der Waals surface area contributed by atoms with Crippen LogP contribution >= 0.6 is 12.4 Å². The second-order valence-electron chi connectivity index (χ2n) is 5.55. The van der Waals surface area contributed by atoms with Gasteiger partial charge in [-0.2, -0.15) is 0 Å². The van der Waals surface area contributed by atoms with Crippen LogP contribution in [0.2, 0.25) is 0 Å². The molecular formula is C18H21ClN2O. The third-order valence-corrected chi connectivity index (χ3v) is 3.88. The first-order chi connectivity index (χ1) is 10.3. The van der Waals surface area contributed by atoms with Gasteiger partial charge in [0, 0.05) is 24.7 Å². The van der Waals surface area contributed by atoms with Gasteiger partial charge in [-0.25, -0.2) is 0 Å². The molecule has 3 nitrogen and oxygen atoms in total. The zero-order valence-electron chi connectivity index (χ0n) is 12.4. The Morgan fingerprint density at radius 3 is 2.18 bits per heavy atom. The van der Waals surface area contributed by atoms with Gasteiger partial charge in [0.2, 0.25) is 0 Å². The lowest BCUT2D eigenvalue weighted by Crippen LogP contribution is -2.32. The third-order valence-electron chi connectivity index (χ3n) is 3.88. The van der Waals surface area contributed by atoms with Crippen LogP contribution in [0.4, 0.5) is 0 Å². The van der Waals surface area contributed by atoms with Crippen LogP contribution in [0.15, 0.2) is 54.6 Å². The van der Waals surface area contributed by atoms with Crippen molar-refractivity contribution in [2.45, 2.75) is 32.0 Å². The summed E-state index contributed by atoms with van der Waals surface area (Å²) in [5.74, 6) is 0.116. The minimum absolute atomic E-state index is 0. The molecule has 3 rings (SSSR count). The lowest BCUT2D eigenvalue weighted by Gasteiger charge is -2.23. The molecular weight excluding hydrogens is 296 g/mol. The van der Waals surface area contributed by atoms with E-state index in [1.165, 1.54) is 5.56 Å². The zero-order valence-corrected chi connectivity index (χ0v) is 13.3.